The van der Waals surface area contributed by atoms with Crippen molar-refractivity contribution >= 4 is 17.4 Å². The van der Waals surface area contributed by atoms with Gasteiger partial charge in [0, 0.05) is 17.0 Å². The predicted octanol–water partition coefficient (Wildman–Crippen LogP) is 3.32. The van der Waals surface area contributed by atoms with E-state index < -0.39 is 0 Å². The van der Waals surface area contributed by atoms with Crippen molar-refractivity contribution in [3.05, 3.63) is 41.0 Å². The largest absolute Gasteiger partial charge is 0.292 e. The number of carbonyl (C=O) groups is 1. The van der Waals surface area contributed by atoms with Gasteiger partial charge in [-0.05, 0) is 18.2 Å². The summed E-state index contributed by atoms with van der Waals surface area (Å²) in [5, 5.41) is 7.52. The minimum atomic E-state index is 0.0627. The summed E-state index contributed by atoms with van der Waals surface area (Å²) >= 11 is 5.79. The van der Waals surface area contributed by atoms with Gasteiger partial charge in [0.1, 0.15) is 5.69 Å². The minimum absolute atomic E-state index is 0.0627. The standard InChI is InChI=1S/C12H11ClN2O/c1-2-12(16)11-7-10(14-15-11)8-3-5-9(13)6-4-8/h3-7H,2H2,1H3,(H,14,15). The maximum absolute atomic E-state index is 11.4. The Labute approximate surface area is 98.4 Å². The average Bonchev–Trinajstić information content (AvgIpc) is 2.78. The summed E-state index contributed by atoms with van der Waals surface area (Å²) < 4.78 is 0. The Hall–Kier alpha value is -1.61. The van der Waals surface area contributed by atoms with Gasteiger partial charge in [0.05, 0.1) is 5.69 Å². The van der Waals surface area contributed by atoms with Gasteiger partial charge in [0.25, 0.3) is 0 Å². The highest BCUT2D eigenvalue weighted by Gasteiger charge is 2.08. The van der Waals surface area contributed by atoms with Gasteiger partial charge in [-0.2, -0.15) is 5.10 Å². The number of hydrogen-bond donors (Lipinski definition) is 1. The van der Waals surface area contributed by atoms with E-state index in [1.54, 1.807) is 18.2 Å². The summed E-state index contributed by atoms with van der Waals surface area (Å²) in [5.74, 6) is 0.0627. The van der Waals surface area contributed by atoms with Crippen LogP contribution < -0.4 is 0 Å². The highest BCUT2D eigenvalue weighted by atomic mass is 35.5. The molecular formula is C12H11ClN2O. The lowest BCUT2D eigenvalue weighted by atomic mass is 10.1. The molecule has 16 heavy (non-hydrogen) atoms. The monoisotopic (exact) mass is 234 g/mol. The van der Waals surface area contributed by atoms with Crippen LogP contribution in [0.3, 0.4) is 0 Å². The number of nitrogens with one attached hydrogen (secondary N) is 1. The number of aromatic nitrogens is 2. The average molecular weight is 235 g/mol. The van der Waals surface area contributed by atoms with Crippen LogP contribution in [0.2, 0.25) is 5.02 Å². The molecule has 1 aromatic heterocycles. The van der Waals surface area contributed by atoms with E-state index >= 15 is 0 Å². The molecule has 0 atom stereocenters. The van der Waals surface area contributed by atoms with Crippen LogP contribution in [0, 0.1) is 0 Å². The molecule has 0 amide bonds. The van der Waals surface area contributed by atoms with Crippen molar-refractivity contribution in [1.82, 2.24) is 10.2 Å². The fourth-order valence-corrected chi connectivity index (χ4v) is 1.55. The Balaban J connectivity index is 2.31. The van der Waals surface area contributed by atoms with Crippen molar-refractivity contribution in [1.29, 1.82) is 0 Å². The van der Waals surface area contributed by atoms with Crippen molar-refractivity contribution in [2.45, 2.75) is 13.3 Å². The fraction of sp³-hybridized carbons (Fsp3) is 0.167. The SMILES string of the molecule is CCC(=O)c1cc(-c2ccc(Cl)cc2)n[nH]1. The number of rotatable bonds is 3. The summed E-state index contributed by atoms with van der Waals surface area (Å²) in [6.07, 6.45) is 0.474. The Bertz CT molecular complexity index is 502. The quantitative estimate of drug-likeness (QED) is 0.828. The molecule has 0 bridgehead atoms. The Kier molecular flexibility index (Phi) is 3.06. The van der Waals surface area contributed by atoms with E-state index in [1.165, 1.54) is 0 Å². The molecule has 0 saturated heterocycles. The van der Waals surface area contributed by atoms with Gasteiger partial charge < -0.3 is 0 Å². The first-order chi connectivity index (χ1) is 7.70. The molecule has 0 spiro atoms. The lowest BCUT2D eigenvalue weighted by Gasteiger charge is -1.95. The van der Waals surface area contributed by atoms with Crippen LogP contribution in [0.1, 0.15) is 23.8 Å². The Morgan fingerprint density at radius 1 is 1.38 bits per heavy atom. The van der Waals surface area contributed by atoms with Crippen LogP contribution in [-0.4, -0.2) is 16.0 Å². The van der Waals surface area contributed by atoms with Gasteiger partial charge >= 0.3 is 0 Å². The van der Waals surface area contributed by atoms with Crippen LogP contribution in [0.25, 0.3) is 11.3 Å². The van der Waals surface area contributed by atoms with Gasteiger partial charge in [-0.25, -0.2) is 0 Å². The second kappa shape index (κ2) is 4.49. The summed E-state index contributed by atoms with van der Waals surface area (Å²) in [6.45, 7) is 1.82. The molecular weight excluding hydrogens is 224 g/mol. The molecule has 2 rings (SSSR count). The second-order valence-electron chi connectivity index (χ2n) is 3.45. The van der Waals surface area contributed by atoms with Gasteiger partial charge in [0.2, 0.25) is 0 Å². The molecule has 0 radical (unpaired) electrons. The summed E-state index contributed by atoms with van der Waals surface area (Å²) in [5.41, 5.74) is 2.25. The van der Waals surface area contributed by atoms with E-state index in [0.29, 0.717) is 17.1 Å². The first kappa shape index (κ1) is 10.9. The van der Waals surface area contributed by atoms with Crippen molar-refractivity contribution in [2.24, 2.45) is 0 Å². The van der Waals surface area contributed by atoms with Crippen molar-refractivity contribution in [3.63, 3.8) is 0 Å². The smallest absolute Gasteiger partial charge is 0.180 e. The molecule has 0 saturated carbocycles. The molecule has 1 heterocycles. The highest BCUT2D eigenvalue weighted by Crippen LogP contribution is 2.20. The molecule has 1 N–H and O–H groups in total. The Morgan fingerprint density at radius 3 is 2.69 bits per heavy atom. The maximum atomic E-state index is 11.4. The molecule has 1 aromatic carbocycles. The molecule has 0 aliphatic carbocycles. The number of Topliss-reactive ketones (excluding diaryl/α,β-unsaturated/α-hetero) is 1. The fourth-order valence-electron chi connectivity index (χ4n) is 1.42. The van der Waals surface area contributed by atoms with Crippen molar-refractivity contribution < 1.29 is 4.79 Å². The highest BCUT2D eigenvalue weighted by molar-refractivity contribution is 6.30. The van der Waals surface area contributed by atoms with Crippen molar-refractivity contribution in [2.75, 3.05) is 0 Å². The minimum Gasteiger partial charge on any atom is -0.292 e. The van der Waals surface area contributed by atoms with Crippen LogP contribution in [0.4, 0.5) is 0 Å². The summed E-state index contributed by atoms with van der Waals surface area (Å²) in [6, 6.07) is 9.10. The molecule has 0 aliphatic heterocycles. The third kappa shape index (κ3) is 2.14. The number of nitrogens with zero attached hydrogens (tertiary/aromatic N) is 1. The van der Waals surface area contributed by atoms with Gasteiger partial charge in [-0.15, -0.1) is 0 Å². The zero-order valence-electron chi connectivity index (χ0n) is 8.83. The number of benzene rings is 1. The maximum Gasteiger partial charge on any atom is 0.180 e. The zero-order chi connectivity index (χ0) is 11.5. The van der Waals surface area contributed by atoms with Crippen LogP contribution in [0.15, 0.2) is 30.3 Å². The second-order valence-corrected chi connectivity index (χ2v) is 3.89. The van der Waals surface area contributed by atoms with Crippen LogP contribution >= 0.6 is 11.6 Å². The molecule has 4 heteroatoms. The van der Waals surface area contributed by atoms with E-state index in [0.717, 1.165) is 11.3 Å². The normalized spacial score (nSPS) is 10.4. The summed E-state index contributed by atoms with van der Waals surface area (Å²) in [7, 11) is 0. The van der Waals surface area contributed by atoms with Gasteiger partial charge in [-0.1, -0.05) is 30.7 Å². The number of aromatic amines is 1. The molecule has 0 unspecified atom stereocenters. The molecule has 2 aromatic rings. The first-order valence-electron chi connectivity index (χ1n) is 5.05. The molecule has 0 fully saturated rings. The van der Waals surface area contributed by atoms with E-state index in [9.17, 15) is 4.79 Å². The third-order valence-corrected chi connectivity index (χ3v) is 2.59. The molecule has 3 nitrogen and oxygen atoms in total. The Morgan fingerprint density at radius 2 is 2.06 bits per heavy atom. The van der Waals surface area contributed by atoms with Crippen LogP contribution in [0.5, 0.6) is 0 Å². The van der Waals surface area contributed by atoms with E-state index in [4.69, 9.17) is 11.6 Å². The lowest BCUT2D eigenvalue weighted by Crippen LogP contribution is -1.95. The van der Waals surface area contributed by atoms with Gasteiger partial charge in [-0.3, -0.25) is 9.89 Å². The topological polar surface area (TPSA) is 45.8 Å². The van der Waals surface area contributed by atoms with E-state index in [1.807, 2.05) is 19.1 Å². The van der Waals surface area contributed by atoms with Crippen molar-refractivity contribution in [3.8, 4) is 11.3 Å². The number of carbonyl (C=O) groups excluding carboxylic acids is 1. The third-order valence-electron chi connectivity index (χ3n) is 2.34. The van der Waals surface area contributed by atoms with E-state index in [2.05, 4.69) is 10.2 Å². The van der Waals surface area contributed by atoms with Crippen LogP contribution in [-0.2, 0) is 0 Å². The first-order valence-corrected chi connectivity index (χ1v) is 5.43. The number of H-pyrrole nitrogens is 1. The number of ketones is 1. The lowest BCUT2D eigenvalue weighted by molar-refractivity contribution is 0.0983. The van der Waals surface area contributed by atoms with Gasteiger partial charge in [0.15, 0.2) is 5.78 Å². The van der Waals surface area contributed by atoms with E-state index in [-0.39, 0.29) is 5.78 Å². The number of hydrogen-bond acceptors (Lipinski definition) is 2. The zero-order valence-corrected chi connectivity index (χ0v) is 9.58. The number of halogens is 1. The summed E-state index contributed by atoms with van der Waals surface area (Å²) in [4.78, 5) is 11.4. The molecule has 0 aliphatic rings. The predicted molar refractivity (Wildman–Crippen MR) is 63.7 cm³/mol. The molecule has 82 valence electrons.